The first-order chi connectivity index (χ1) is 7.77. The third-order valence-electron chi connectivity index (χ3n) is 2.45. The number of aromatic nitrogens is 1. The van der Waals surface area contributed by atoms with Crippen LogP contribution in [0, 0.1) is 0 Å². The molecule has 2 heterocycles. The van der Waals surface area contributed by atoms with Gasteiger partial charge >= 0.3 is 0 Å². The zero-order chi connectivity index (χ0) is 11.4. The van der Waals surface area contributed by atoms with Gasteiger partial charge in [0.05, 0.1) is 11.1 Å². The number of rotatable bonds is 4. The molecule has 0 saturated heterocycles. The highest BCUT2D eigenvalue weighted by molar-refractivity contribution is 7.07. The average molecular weight is 254 g/mol. The first-order valence-electron chi connectivity index (χ1n) is 5.06. The summed E-state index contributed by atoms with van der Waals surface area (Å²) in [5, 5.41) is 14.7. The van der Waals surface area contributed by atoms with E-state index in [1.54, 1.807) is 29.8 Å². The summed E-state index contributed by atoms with van der Waals surface area (Å²) in [6.07, 6.45) is 4.24. The molecule has 1 N–H and O–H groups in total. The van der Waals surface area contributed by atoms with Gasteiger partial charge in [-0.15, -0.1) is 0 Å². The van der Waals surface area contributed by atoms with Crippen LogP contribution >= 0.6 is 22.9 Å². The number of nitrogens with zero attached hydrogens (tertiary/aromatic N) is 1. The van der Waals surface area contributed by atoms with Crippen molar-refractivity contribution in [3.63, 3.8) is 0 Å². The average Bonchev–Trinajstić information content (AvgIpc) is 2.79. The molecule has 84 valence electrons. The van der Waals surface area contributed by atoms with Crippen LogP contribution in [0.15, 0.2) is 35.3 Å². The number of halogens is 1. The van der Waals surface area contributed by atoms with Gasteiger partial charge in [0.15, 0.2) is 0 Å². The number of aryl methyl sites for hydroxylation is 1. The van der Waals surface area contributed by atoms with Gasteiger partial charge in [0.2, 0.25) is 0 Å². The summed E-state index contributed by atoms with van der Waals surface area (Å²) in [5.74, 6) is 0. The maximum Gasteiger partial charge on any atom is 0.0808 e. The normalized spacial score (nSPS) is 12.6. The Morgan fingerprint density at radius 3 is 3.00 bits per heavy atom. The standard InChI is InChI=1S/C12H12ClNOS/c13-11-7-14-5-3-10(11)12(15)2-1-9-4-6-16-8-9/h3-8,12,15H,1-2H2. The minimum absolute atomic E-state index is 0.518. The van der Waals surface area contributed by atoms with Gasteiger partial charge in [0, 0.05) is 18.0 Å². The molecule has 1 unspecified atom stereocenters. The van der Waals surface area contributed by atoms with Gasteiger partial charge < -0.3 is 5.11 Å². The van der Waals surface area contributed by atoms with Crippen molar-refractivity contribution in [1.82, 2.24) is 4.98 Å². The summed E-state index contributed by atoms with van der Waals surface area (Å²) >= 11 is 7.63. The Kier molecular flexibility index (Phi) is 3.93. The SMILES string of the molecule is OC(CCc1ccsc1)c1ccncc1Cl. The summed E-state index contributed by atoms with van der Waals surface area (Å²) < 4.78 is 0. The van der Waals surface area contributed by atoms with Crippen LogP contribution < -0.4 is 0 Å². The van der Waals surface area contributed by atoms with Crippen LogP contribution in [0.1, 0.15) is 23.7 Å². The number of aliphatic hydroxyl groups excluding tert-OH is 1. The van der Waals surface area contributed by atoms with Gasteiger partial charge in [-0.2, -0.15) is 11.3 Å². The van der Waals surface area contributed by atoms with E-state index in [1.165, 1.54) is 5.56 Å². The number of aliphatic hydroxyl groups is 1. The lowest BCUT2D eigenvalue weighted by Gasteiger charge is -2.11. The van der Waals surface area contributed by atoms with E-state index in [0.717, 1.165) is 12.0 Å². The molecular weight excluding hydrogens is 242 g/mol. The van der Waals surface area contributed by atoms with Gasteiger partial charge in [0.25, 0.3) is 0 Å². The van der Waals surface area contributed by atoms with Crippen molar-refractivity contribution in [2.45, 2.75) is 18.9 Å². The quantitative estimate of drug-likeness (QED) is 0.905. The molecule has 2 aromatic heterocycles. The predicted octanol–water partition coefficient (Wildman–Crippen LogP) is 3.46. The Morgan fingerprint density at radius 1 is 1.44 bits per heavy atom. The topological polar surface area (TPSA) is 33.1 Å². The highest BCUT2D eigenvalue weighted by Crippen LogP contribution is 2.25. The molecule has 0 saturated carbocycles. The zero-order valence-corrected chi connectivity index (χ0v) is 10.2. The first-order valence-corrected chi connectivity index (χ1v) is 6.38. The van der Waals surface area contributed by atoms with Crippen LogP contribution in [0.5, 0.6) is 0 Å². The van der Waals surface area contributed by atoms with Gasteiger partial charge in [0.1, 0.15) is 0 Å². The smallest absolute Gasteiger partial charge is 0.0808 e. The van der Waals surface area contributed by atoms with Crippen molar-refractivity contribution >= 4 is 22.9 Å². The molecule has 0 aliphatic carbocycles. The van der Waals surface area contributed by atoms with Gasteiger partial charge in [-0.1, -0.05) is 11.6 Å². The molecule has 0 fully saturated rings. The number of hydrogen-bond donors (Lipinski definition) is 1. The van der Waals surface area contributed by atoms with E-state index in [-0.39, 0.29) is 0 Å². The van der Waals surface area contributed by atoms with E-state index >= 15 is 0 Å². The second-order valence-corrected chi connectivity index (χ2v) is 4.77. The molecule has 2 rings (SSSR count). The molecular formula is C12H12ClNOS. The molecule has 1 atom stereocenters. The van der Waals surface area contributed by atoms with Crippen LogP contribution in [0.4, 0.5) is 0 Å². The molecule has 2 nitrogen and oxygen atoms in total. The van der Waals surface area contributed by atoms with Gasteiger partial charge in [-0.25, -0.2) is 0 Å². The van der Waals surface area contributed by atoms with E-state index in [0.29, 0.717) is 11.4 Å². The third kappa shape index (κ3) is 2.82. The van der Waals surface area contributed by atoms with E-state index in [9.17, 15) is 5.11 Å². The maximum atomic E-state index is 9.99. The predicted molar refractivity (Wildman–Crippen MR) is 66.8 cm³/mol. The minimum atomic E-state index is -0.518. The van der Waals surface area contributed by atoms with Crippen LogP contribution in [0.25, 0.3) is 0 Å². The number of thiophene rings is 1. The zero-order valence-electron chi connectivity index (χ0n) is 8.64. The Balaban J connectivity index is 1.98. The molecule has 0 radical (unpaired) electrons. The second-order valence-electron chi connectivity index (χ2n) is 3.58. The minimum Gasteiger partial charge on any atom is -0.388 e. The van der Waals surface area contributed by atoms with Gasteiger partial charge in [-0.05, 0) is 41.3 Å². The Morgan fingerprint density at radius 2 is 2.31 bits per heavy atom. The van der Waals surface area contributed by atoms with E-state index in [2.05, 4.69) is 16.4 Å². The first kappa shape index (κ1) is 11.6. The largest absolute Gasteiger partial charge is 0.388 e. The summed E-state index contributed by atoms with van der Waals surface area (Å²) in [6, 6.07) is 3.84. The molecule has 4 heteroatoms. The van der Waals surface area contributed by atoms with Crippen LogP contribution in [0.2, 0.25) is 5.02 Å². The highest BCUT2D eigenvalue weighted by Gasteiger charge is 2.11. The molecule has 0 aliphatic heterocycles. The van der Waals surface area contributed by atoms with Crippen molar-refractivity contribution < 1.29 is 5.11 Å². The van der Waals surface area contributed by atoms with E-state index in [1.807, 2.05) is 5.38 Å². The Hall–Kier alpha value is -0.900. The Labute approximate surface area is 104 Å². The lowest BCUT2D eigenvalue weighted by molar-refractivity contribution is 0.168. The summed E-state index contributed by atoms with van der Waals surface area (Å²) in [5.41, 5.74) is 2.01. The van der Waals surface area contributed by atoms with Crippen molar-refractivity contribution in [3.05, 3.63) is 51.4 Å². The van der Waals surface area contributed by atoms with E-state index < -0.39 is 6.10 Å². The summed E-state index contributed by atoms with van der Waals surface area (Å²) in [7, 11) is 0. The number of hydrogen-bond acceptors (Lipinski definition) is 3. The fourth-order valence-corrected chi connectivity index (χ4v) is 2.50. The second kappa shape index (κ2) is 5.43. The van der Waals surface area contributed by atoms with E-state index in [4.69, 9.17) is 11.6 Å². The van der Waals surface area contributed by atoms with Crippen LogP contribution in [-0.4, -0.2) is 10.1 Å². The summed E-state index contributed by atoms with van der Waals surface area (Å²) in [6.45, 7) is 0. The van der Waals surface area contributed by atoms with Crippen LogP contribution in [-0.2, 0) is 6.42 Å². The fraction of sp³-hybridized carbons (Fsp3) is 0.250. The molecule has 0 bridgehead atoms. The van der Waals surface area contributed by atoms with Crippen LogP contribution in [0.3, 0.4) is 0 Å². The molecule has 0 aliphatic rings. The summed E-state index contributed by atoms with van der Waals surface area (Å²) in [4.78, 5) is 3.90. The highest BCUT2D eigenvalue weighted by atomic mass is 35.5. The van der Waals surface area contributed by atoms with Crippen molar-refractivity contribution in [2.24, 2.45) is 0 Å². The molecule has 16 heavy (non-hydrogen) atoms. The van der Waals surface area contributed by atoms with Crippen molar-refractivity contribution in [3.8, 4) is 0 Å². The number of pyridine rings is 1. The monoisotopic (exact) mass is 253 g/mol. The van der Waals surface area contributed by atoms with Crippen molar-refractivity contribution in [1.29, 1.82) is 0 Å². The molecule has 0 spiro atoms. The van der Waals surface area contributed by atoms with Gasteiger partial charge in [-0.3, -0.25) is 4.98 Å². The Bertz CT molecular complexity index is 444. The third-order valence-corrected chi connectivity index (χ3v) is 3.50. The molecule has 2 aromatic rings. The molecule has 0 amide bonds. The lowest BCUT2D eigenvalue weighted by atomic mass is 10.0. The fourth-order valence-electron chi connectivity index (χ4n) is 1.55. The lowest BCUT2D eigenvalue weighted by Crippen LogP contribution is -2.00. The maximum absolute atomic E-state index is 9.99. The van der Waals surface area contributed by atoms with Crippen molar-refractivity contribution in [2.75, 3.05) is 0 Å². The molecule has 0 aromatic carbocycles.